The van der Waals surface area contributed by atoms with E-state index in [1.807, 2.05) is 22.7 Å². The molecule has 3 heterocycles. The van der Waals surface area contributed by atoms with Crippen LogP contribution < -0.4 is 5.32 Å². The van der Waals surface area contributed by atoms with Gasteiger partial charge in [0.1, 0.15) is 5.84 Å². The molecule has 2 aliphatic rings. The monoisotopic (exact) mass is 790 g/mol. The van der Waals surface area contributed by atoms with Crippen molar-refractivity contribution >= 4 is 101 Å². The summed E-state index contributed by atoms with van der Waals surface area (Å²) in [5.41, 5.74) is 6.44. The quantitative estimate of drug-likeness (QED) is 0.173. The second kappa shape index (κ2) is 12.6. The van der Waals surface area contributed by atoms with Crippen molar-refractivity contribution in [2.24, 2.45) is 10.4 Å². The maximum absolute atomic E-state index is 5.80. The molecule has 1 aliphatic carbocycles. The fourth-order valence-corrected chi connectivity index (χ4v) is 13.5. The Balaban J connectivity index is 0.961. The van der Waals surface area contributed by atoms with Crippen molar-refractivity contribution in [1.82, 2.24) is 5.32 Å². The highest BCUT2D eigenvalue weighted by molar-refractivity contribution is 7.26. The van der Waals surface area contributed by atoms with E-state index in [0.29, 0.717) is 12.0 Å². The molecule has 0 amide bonds. The third kappa shape index (κ3) is 4.76. The SMILES string of the molecule is CCC12C(c3cccc4c3sc3ccccc34)N=C(c3ccc4c(c3)sc3c(-c5ccc6c7ccccc7c7ccccc7c6c5)cccc34)NC1C2c1ccccc1. The van der Waals surface area contributed by atoms with Gasteiger partial charge < -0.3 is 5.32 Å². The minimum Gasteiger partial charge on any atom is -0.366 e. The number of rotatable bonds is 5. The van der Waals surface area contributed by atoms with Crippen LogP contribution in [0.2, 0.25) is 0 Å². The van der Waals surface area contributed by atoms with Gasteiger partial charge in [-0.15, -0.1) is 22.7 Å². The summed E-state index contributed by atoms with van der Waals surface area (Å²) in [6.07, 6.45) is 1.05. The number of hydrogen-bond acceptors (Lipinski definition) is 4. The Hall–Kier alpha value is -6.33. The highest BCUT2D eigenvalue weighted by atomic mass is 32.1. The van der Waals surface area contributed by atoms with Gasteiger partial charge in [-0.25, -0.2) is 0 Å². The summed E-state index contributed by atoms with van der Waals surface area (Å²) in [6, 6.07) is 65.9. The zero-order valence-corrected chi connectivity index (χ0v) is 34.1. The van der Waals surface area contributed by atoms with Gasteiger partial charge in [0, 0.05) is 63.3 Å². The molecule has 13 rings (SSSR count). The Morgan fingerprint density at radius 1 is 0.492 bits per heavy atom. The second-order valence-electron chi connectivity index (χ2n) is 16.5. The summed E-state index contributed by atoms with van der Waals surface area (Å²) in [7, 11) is 0. The van der Waals surface area contributed by atoms with Gasteiger partial charge >= 0.3 is 0 Å². The molecule has 280 valence electrons. The number of hydrogen-bond donors (Lipinski definition) is 1. The first-order valence-corrected chi connectivity index (χ1v) is 22.4. The Kier molecular flexibility index (Phi) is 7.17. The molecule has 1 aliphatic heterocycles. The molecule has 1 fully saturated rings. The van der Waals surface area contributed by atoms with Crippen LogP contribution in [-0.2, 0) is 0 Å². The van der Waals surface area contributed by atoms with E-state index in [1.54, 1.807) is 0 Å². The van der Waals surface area contributed by atoms with E-state index in [4.69, 9.17) is 4.99 Å². The fraction of sp³-hybridized carbons (Fsp3) is 0.109. The summed E-state index contributed by atoms with van der Waals surface area (Å²) in [4.78, 5) is 5.80. The van der Waals surface area contributed by atoms with E-state index in [0.717, 1.165) is 17.8 Å². The molecule has 0 bridgehead atoms. The molecule has 2 aromatic heterocycles. The van der Waals surface area contributed by atoms with E-state index in [2.05, 4.69) is 188 Å². The molecule has 0 spiro atoms. The number of thiophene rings is 2. The lowest BCUT2D eigenvalue weighted by molar-refractivity contribution is 0.353. The molecule has 2 nitrogen and oxygen atoms in total. The van der Waals surface area contributed by atoms with Crippen LogP contribution in [0.3, 0.4) is 0 Å². The fourth-order valence-electron chi connectivity index (χ4n) is 11.0. The van der Waals surface area contributed by atoms with Crippen LogP contribution in [-0.4, -0.2) is 11.9 Å². The maximum atomic E-state index is 5.80. The topological polar surface area (TPSA) is 24.4 Å². The van der Waals surface area contributed by atoms with Crippen LogP contribution in [0.1, 0.15) is 42.0 Å². The van der Waals surface area contributed by atoms with Crippen molar-refractivity contribution < 1.29 is 0 Å². The van der Waals surface area contributed by atoms with Gasteiger partial charge in [-0.3, -0.25) is 4.99 Å². The van der Waals surface area contributed by atoms with Gasteiger partial charge in [-0.2, -0.15) is 0 Å². The highest BCUT2D eigenvalue weighted by Crippen LogP contribution is 2.70. The normalized spacial score (nSPS) is 20.2. The largest absolute Gasteiger partial charge is 0.366 e. The number of benzene rings is 9. The lowest BCUT2D eigenvalue weighted by Gasteiger charge is -2.31. The van der Waals surface area contributed by atoms with Crippen molar-refractivity contribution in [3.63, 3.8) is 0 Å². The third-order valence-corrected chi connectivity index (χ3v) is 16.2. The average molecular weight is 791 g/mol. The number of aliphatic imine (C=N–C) groups is 1. The molecular formula is C55H38N2S2. The Morgan fingerprint density at radius 3 is 1.83 bits per heavy atom. The van der Waals surface area contributed by atoms with Gasteiger partial charge in [0.05, 0.1) is 6.04 Å². The van der Waals surface area contributed by atoms with Gasteiger partial charge in [0.25, 0.3) is 0 Å². The van der Waals surface area contributed by atoms with Crippen LogP contribution in [0.4, 0.5) is 0 Å². The summed E-state index contributed by atoms with van der Waals surface area (Å²) in [5.74, 6) is 1.38. The van der Waals surface area contributed by atoms with Crippen molar-refractivity contribution in [2.75, 3.05) is 0 Å². The predicted molar refractivity (Wildman–Crippen MR) is 255 cm³/mol. The number of amidine groups is 1. The molecule has 0 radical (unpaired) electrons. The lowest BCUT2D eigenvalue weighted by atomic mass is 9.83. The number of fused-ring (bicyclic) bond motifs is 13. The zero-order valence-electron chi connectivity index (χ0n) is 32.4. The zero-order chi connectivity index (χ0) is 38.8. The highest BCUT2D eigenvalue weighted by Gasteiger charge is 2.70. The third-order valence-electron chi connectivity index (χ3n) is 13.8. The minimum absolute atomic E-state index is 0.0105. The van der Waals surface area contributed by atoms with Crippen molar-refractivity contribution in [2.45, 2.75) is 31.3 Å². The molecule has 59 heavy (non-hydrogen) atoms. The predicted octanol–water partition coefficient (Wildman–Crippen LogP) is 15.2. The summed E-state index contributed by atoms with van der Waals surface area (Å²) in [5, 5.41) is 17.2. The van der Waals surface area contributed by atoms with Crippen molar-refractivity contribution in [3.8, 4) is 11.1 Å². The van der Waals surface area contributed by atoms with Gasteiger partial charge in [-0.1, -0.05) is 165 Å². The first kappa shape index (κ1) is 33.6. The van der Waals surface area contributed by atoms with E-state index in [1.165, 1.54) is 94.9 Å². The molecular weight excluding hydrogens is 753 g/mol. The molecule has 1 N–H and O–H groups in total. The maximum Gasteiger partial charge on any atom is 0.129 e. The van der Waals surface area contributed by atoms with Crippen LogP contribution in [0.25, 0.3) is 83.8 Å². The average Bonchev–Trinajstić information content (AvgIpc) is 3.59. The molecule has 4 atom stereocenters. The minimum atomic E-state index is -0.0105. The van der Waals surface area contributed by atoms with Crippen LogP contribution in [0.15, 0.2) is 181 Å². The summed E-state index contributed by atoms with van der Waals surface area (Å²) in [6.45, 7) is 2.37. The van der Waals surface area contributed by atoms with Gasteiger partial charge in [0.15, 0.2) is 0 Å². The van der Waals surface area contributed by atoms with E-state index >= 15 is 0 Å². The van der Waals surface area contributed by atoms with Crippen LogP contribution in [0.5, 0.6) is 0 Å². The summed E-state index contributed by atoms with van der Waals surface area (Å²) < 4.78 is 5.33. The molecule has 1 saturated carbocycles. The molecule has 0 saturated heterocycles. The first-order valence-electron chi connectivity index (χ1n) is 20.8. The number of nitrogens with zero attached hydrogens (tertiary/aromatic N) is 1. The van der Waals surface area contributed by atoms with Gasteiger partial charge in [0.2, 0.25) is 0 Å². The Bertz CT molecular complexity index is 3520. The second-order valence-corrected chi connectivity index (χ2v) is 18.6. The van der Waals surface area contributed by atoms with Crippen LogP contribution in [0, 0.1) is 5.41 Å². The molecule has 9 aromatic carbocycles. The van der Waals surface area contributed by atoms with E-state index in [9.17, 15) is 0 Å². The van der Waals surface area contributed by atoms with Gasteiger partial charge in [-0.05, 0) is 79.2 Å². The molecule has 4 unspecified atom stereocenters. The molecule has 4 heteroatoms. The van der Waals surface area contributed by atoms with E-state index in [-0.39, 0.29) is 11.5 Å². The number of nitrogens with one attached hydrogen (secondary N) is 1. The first-order chi connectivity index (χ1) is 29.2. The summed E-state index contributed by atoms with van der Waals surface area (Å²) >= 11 is 3.83. The Morgan fingerprint density at radius 2 is 1.07 bits per heavy atom. The molecule has 11 aromatic rings. The van der Waals surface area contributed by atoms with E-state index < -0.39 is 0 Å². The van der Waals surface area contributed by atoms with Crippen LogP contribution >= 0.6 is 22.7 Å². The smallest absolute Gasteiger partial charge is 0.129 e. The lowest BCUT2D eigenvalue weighted by Crippen LogP contribution is -2.37. The standard InChI is InChI=1S/C55H38N2S2/c1-2-55-49(32-14-4-3-5-15-32)53(55)57-54(56-52(55)45-24-13-23-43-41-20-10-11-25-47(41)58-51(43)45)34-27-29-42-44-22-12-21-35(50(44)59-48(42)31-34)33-26-28-40-38-18-7-6-16-36(38)37-17-8-9-19-39(37)46(40)30-33/h3-31,49,52-53H,2H2,1H3,(H,56,57). The van der Waals surface area contributed by atoms with Crippen molar-refractivity contribution in [3.05, 3.63) is 193 Å². The van der Waals surface area contributed by atoms with Crippen molar-refractivity contribution in [1.29, 1.82) is 0 Å². The Labute approximate surface area is 350 Å².